The van der Waals surface area contributed by atoms with E-state index in [1.54, 1.807) is 0 Å². The van der Waals surface area contributed by atoms with Crippen LogP contribution in [-0.4, -0.2) is 35.4 Å². The number of carboxylic acid groups (broad SMARTS) is 1. The molecule has 2 N–H and O–H groups in total. The van der Waals surface area contributed by atoms with Crippen LogP contribution in [0, 0.1) is 0 Å². The summed E-state index contributed by atoms with van der Waals surface area (Å²) >= 11 is 0. The number of hydrogen-bond acceptors (Lipinski definition) is 4. The van der Waals surface area contributed by atoms with Crippen molar-refractivity contribution in [2.75, 3.05) is 0 Å². The highest BCUT2D eigenvalue weighted by molar-refractivity contribution is 5.71. The molecule has 0 aromatic heterocycles. The smallest absolute Gasteiger partial charge is 0.407 e. The Hall–Kier alpha value is -2.08. The first-order chi connectivity index (χ1) is 10.5. The van der Waals surface area contributed by atoms with Gasteiger partial charge in [0.25, 0.3) is 0 Å². The molecule has 1 aromatic rings. The fourth-order valence-electron chi connectivity index (χ4n) is 2.51. The van der Waals surface area contributed by atoms with E-state index in [1.807, 2.05) is 37.3 Å². The van der Waals surface area contributed by atoms with Crippen LogP contribution < -0.4 is 5.32 Å². The van der Waals surface area contributed by atoms with Crippen LogP contribution in [0.2, 0.25) is 0 Å². The number of carbonyl (C=O) groups is 2. The molecule has 1 heterocycles. The van der Waals surface area contributed by atoms with Gasteiger partial charge in [0.05, 0.1) is 24.7 Å². The minimum absolute atomic E-state index is 0.0865. The quantitative estimate of drug-likeness (QED) is 0.842. The molecule has 0 radical (unpaired) electrons. The molecule has 1 saturated heterocycles. The van der Waals surface area contributed by atoms with E-state index in [4.69, 9.17) is 14.6 Å². The van der Waals surface area contributed by atoms with Gasteiger partial charge >= 0.3 is 12.1 Å². The molecular formula is C16H21NO5. The van der Waals surface area contributed by atoms with E-state index in [-0.39, 0.29) is 25.2 Å². The fourth-order valence-corrected chi connectivity index (χ4v) is 2.51. The fraction of sp³-hybridized carbons (Fsp3) is 0.500. The highest BCUT2D eigenvalue weighted by Crippen LogP contribution is 2.23. The molecule has 1 aromatic carbocycles. The zero-order valence-electron chi connectivity index (χ0n) is 12.5. The molecule has 3 atom stereocenters. The molecular weight excluding hydrogens is 286 g/mol. The van der Waals surface area contributed by atoms with Gasteiger partial charge in [-0.25, -0.2) is 4.79 Å². The number of rotatable bonds is 6. The SMILES string of the molecule is CC1CCC([C@@H](CC(=O)O)NC(=O)OCc2ccccc2)O1. The molecule has 1 aliphatic rings. The Bertz CT molecular complexity index is 505. The molecule has 0 bridgehead atoms. The van der Waals surface area contributed by atoms with Crippen molar-refractivity contribution >= 4 is 12.1 Å². The van der Waals surface area contributed by atoms with Gasteiger partial charge < -0.3 is 19.9 Å². The molecule has 0 saturated carbocycles. The first-order valence-corrected chi connectivity index (χ1v) is 7.39. The standard InChI is InChI=1S/C16H21NO5/c1-11-7-8-14(22-11)13(9-15(18)19)17-16(20)21-10-12-5-3-2-4-6-12/h2-6,11,13-14H,7-10H2,1H3,(H,17,20)(H,18,19)/t11?,13-,14?/m1/s1. The summed E-state index contributed by atoms with van der Waals surface area (Å²) in [6.45, 7) is 2.08. The monoisotopic (exact) mass is 307 g/mol. The molecule has 22 heavy (non-hydrogen) atoms. The van der Waals surface area contributed by atoms with Crippen molar-refractivity contribution in [1.82, 2.24) is 5.32 Å². The van der Waals surface area contributed by atoms with Crippen LogP contribution in [0.1, 0.15) is 31.7 Å². The highest BCUT2D eigenvalue weighted by atomic mass is 16.5. The maximum absolute atomic E-state index is 11.9. The predicted octanol–water partition coefficient (Wildman–Crippen LogP) is 2.32. The summed E-state index contributed by atoms with van der Waals surface area (Å²) in [6.07, 6.45) is 0.592. The molecule has 120 valence electrons. The topological polar surface area (TPSA) is 84.9 Å². The lowest BCUT2D eigenvalue weighted by atomic mass is 10.0. The maximum atomic E-state index is 11.9. The number of carbonyl (C=O) groups excluding carboxylic acids is 1. The van der Waals surface area contributed by atoms with Gasteiger partial charge in [0.1, 0.15) is 6.61 Å². The van der Waals surface area contributed by atoms with Crippen LogP contribution in [0.5, 0.6) is 0 Å². The first-order valence-electron chi connectivity index (χ1n) is 7.39. The molecule has 6 heteroatoms. The van der Waals surface area contributed by atoms with Crippen molar-refractivity contribution in [3.8, 4) is 0 Å². The third-order valence-electron chi connectivity index (χ3n) is 3.62. The van der Waals surface area contributed by atoms with Crippen molar-refractivity contribution in [3.63, 3.8) is 0 Å². The predicted molar refractivity (Wildman–Crippen MR) is 79.4 cm³/mol. The number of benzene rings is 1. The largest absolute Gasteiger partial charge is 0.481 e. The molecule has 1 aliphatic heterocycles. The summed E-state index contributed by atoms with van der Waals surface area (Å²) in [5.74, 6) is -0.975. The van der Waals surface area contributed by atoms with Gasteiger partial charge in [0, 0.05) is 0 Å². The van der Waals surface area contributed by atoms with Gasteiger partial charge in [0.2, 0.25) is 0 Å². The van der Waals surface area contributed by atoms with E-state index >= 15 is 0 Å². The molecule has 6 nitrogen and oxygen atoms in total. The van der Waals surface area contributed by atoms with Crippen LogP contribution in [0.4, 0.5) is 4.79 Å². The van der Waals surface area contributed by atoms with Crippen LogP contribution >= 0.6 is 0 Å². The molecule has 1 fully saturated rings. The lowest BCUT2D eigenvalue weighted by molar-refractivity contribution is -0.138. The van der Waals surface area contributed by atoms with E-state index in [9.17, 15) is 9.59 Å². The molecule has 1 amide bonds. The highest BCUT2D eigenvalue weighted by Gasteiger charge is 2.32. The van der Waals surface area contributed by atoms with Crippen molar-refractivity contribution in [2.24, 2.45) is 0 Å². The van der Waals surface area contributed by atoms with Crippen molar-refractivity contribution in [1.29, 1.82) is 0 Å². The molecule has 2 rings (SSSR count). The van der Waals surface area contributed by atoms with Gasteiger partial charge in [-0.05, 0) is 25.3 Å². The Balaban J connectivity index is 1.86. The third-order valence-corrected chi connectivity index (χ3v) is 3.62. The van der Waals surface area contributed by atoms with Crippen LogP contribution in [0.25, 0.3) is 0 Å². The Morgan fingerprint density at radius 3 is 2.68 bits per heavy atom. The van der Waals surface area contributed by atoms with Crippen molar-refractivity contribution in [2.45, 2.75) is 51.0 Å². The second-order valence-electron chi connectivity index (χ2n) is 5.47. The van der Waals surface area contributed by atoms with Gasteiger partial charge in [-0.3, -0.25) is 4.79 Å². The zero-order valence-corrected chi connectivity index (χ0v) is 12.5. The summed E-state index contributed by atoms with van der Waals surface area (Å²) in [7, 11) is 0. The summed E-state index contributed by atoms with van der Waals surface area (Å²) in [6, 6.07) is 8.72. The Kier molecular flexibility index (Phi) is 5.77. The molecule has 2 unspecified atom stereocenters. The maximum Gasteiger partial charge on any atom is 0.407 e. The van der Waals surface area contributed by atoms with Crippen molar-refractivity contribution < 1.29 is 24.2 Å². The molecule has 0 spiro atoms. The minimum atomic E-state index is -0.975. The summed E-state index contributed by atoms with van der Waals surface area (Å²) in [4.78, 5) is 22.8. The number of nitrogens with one attached hydrogen (secondary N) is 1. The van der Waals surface area contributed by atoms with Crippen LogP contribution in [-0.2, 0) is 20.9 Å². The number of carboxylic acids is 1. The normalized spacial score (nSPS) is 22.0. The van der Waals surface area contributed by atoms with E-state index < -0.39 is 18.1 Å². The van der Waals surface area contributed by atoms with E-state index in [2.05, 4.69) is 5.32 Å². The van der Waals surface area contributed by atoms with E-state index in [0.29, 0.717) is 0 Å². The first kappa shape index (κ1) is 16.3. The number of amides is 1. The van der Waals surface area contributed by atoms with E-state index in [0.717, 1.165) is 18.4 Å². The number of hydrogen-bond donors (Lipinski definition) is 2. The number of alkyl carbamates (subject to hydrolysis) is 1. The summed E-state index contributed by atoms with van der Waals surface area (Å²) < 4.78 is 10.8. The van der Waals surface area contributed by atoms with Crippen LogP contribution in [0.3, 0.4) is 0 Å². The Labute approximate surface area is 129 Å². The average molecular weight is 307 g/mol. The van der Waals surface area contributed by atoms with E-state index in [1.165, 1.54) is 0 Å². The minimum Gasteiger partial charge on any atom is -0.481 e. The second-order valence-corrected chi connectivity index (χ2v) is 5.47. The third kappa shape index (κ3) is 5.04. The van der Waals surface area contributed by atoms with Gasteiger partial charge in [-0.1, -0.05) is 30.3 Å². The van der Waals surface area contributed by atoms with Crippen LogP contribution in [0.15, 0.2) is 30.3 Å². The van der Waals surface area contributed by atoms with Crippen molar-refractivity contribution in [3.05, 3.63) is 35.9 Å². The Morgan fingerprint density at radius 1 is 1.36 bits per heavy atom. The van der Waals surface area contributed by atoms with Gasteiger partial charge in [-0.15, -0.1) is 0 Å². The number of ether oxygens (including phenoxy) is 2. The second kappa shape index (κ2) is 7.79. The number of aliphatic carboxylic acids is 1. The zero-order chi connectivity index (χ0) is 15.9. The Morgan fingerprint density at radius 2 is 2.09 bits per heavy atom. The summed E-state index contributed by atoms with van der Waals surface area (Å²) in [5, 5.41) is 11.6. The van der Waals surface area contributed by atoms with Gasteiger partial charge in [0.15, 0.2) is 0 Å². The molecule has 0 aliphatic carbocycles. The van der Waals surface area contributed by atoms with Gasteiger partial charge in [-0.2, -0.15) is 0 Å². The average Bonchev–Trinajstić information content (AvgIpc) is 2.92. The lowest BCUT2D eigenvalue weighted by Gasteiger charge is -2.23. The lowest BCUT2D eigenvalue weighted by Crippen LogP contribution is -2.44. The summed E-state index contributed by atoms with van der Waals surface area (Å²) in [5.41, 5.74) is 0.873.